The number of hydrogen-bond donors (Lipinski definition) is 5. The predicted octanol–water partition coefficient (Wildman–Crippen LogP) is 6.22. The molecule has 0 aromatic heterocycles. The van der Waals surface area contributed by atoms with Crippen LogP contribution in [0.4, 0.5) is 4.79 Å². The van der Waals surface area contributed by atoms with Gasteiger partial charge in [-0.1, -0.05) is 50.6 Å². The van der Waals surface area contributed by atoms with E-state index in [1.165, 1.54) is 20.1 Å². The number of Topliss-reactive ketones (excluding diaryl/α,β-unsaturated/α-hetero) is 1. The molecule has 26 nitrogen and oxygen atoms in total. The standard InChI is InChI=1S/C67H96N2O24/c1-30-14-18-46(88-53-28-65(10,69(79)80)59(38(9)87-53)68-64(78)82-13)31(2)23-42-44(72)24-39(29-70)27-67(42)61(75)55(63(77)93-67)60(74)66(11)41(30)16-15-40-56(66)32(3)22-33(4)57(40)92-52-26-48(54(36(7)85-52)62(76)81-12)90-49-21-19-47(35(6)84-49)89-51-25-45(73)58(37(8)86-51)91-50-20-17-43(71)34(5)83-50/h14-16,23-24,29,32-38,40-54,56-59,71-74H,17-22,25-28H2,1-13H3,(H,68,78)/b30-14+,31-23?,60-55?. The number of allylic oxidation sites excluding steroid dienone is 3. The highest BCUT2D eigenvalue weighted by Gasteiger charge is 2.65. The van der Waals surface area contributed by atoms with Crippen molar-refractivity contribution in [2.45, 2.75) is 268 Å². The number of hydrogen-bond acceptors (Lipinski definition) is 24. The summed E-state index contributed by atoms with van der Waals surface area (Å²) in [5.74, 6) is -7.38. The van der Waals surface area contributed by atoms with E-state index in [2.05, 4.69) is 25.2 Å². The van der Waals surface area contributed by atoms with Gasteiger partial charge in [0.2, 0.25) is 11.3 Å². The number of carbonyl (C=O) groups excluding carboxylic acids is 5. The van der Waals surface area contributed by atoms with Gasteiger partial charge in [-0.15, -0.1) is 0 Å². The van der Waals surface area contributed by atoms with Crippen LogP contribution in [-0.4, -0.2) is 198 Å². The third-order valence-electron chi connectivity index (χ3n) is 22.0. The molecule has 6 heterocycles. The third-order valence-corrected chi connectivity index (χ3v) is 22.0. The van der Waals surface area contributed by atoms with Crippen LogP contribution >= 0.6 is 0 Å². The van der Waals surface area contributed by atoms with Crippen LogP contribution in [0, 0.1) is 57.0 Å². The van der Waals surface area contributed by atoms with Crippen molar-refractivity contribution in [2.24, 2.45) is 46.8 Å². The van der Waals surface area contributed by atoms with Crippen molar-refractivity contribution in [3.8, 4) is 0 Å². The Morgan fingerprint density at radius 3 is 2.02 bits per heavy atom. The zero-order valence-corrected chi connectivity index (χ0v) is 55.4. The Bertz CT molecular complexity index is 2960. The summed E-state index contributed by atoms with van der Waals surface area (Å²) in [6.45, 7) is 19.7. The first-order valence-corrected chi connectivity index (χ1v) is 33.0. The quantitative estimate of drug-likeness (QED) is 0.0245. The molecule has 518 valence electrons. The summed E-state index contributed by atoms with van der Waals surface area (Å²) in [6.07, 6.45) is -3.59. The minimum absolute atomic E-state index is 0.00313. The van der Waals surface area contributed by atoms with E-state index in [1.807, 2.05) is 32.9 Å². The zero-order chi connectivity index (χ0) is 67.5. The first kappa shape index (κ1) is 70.7. The second-order valence-electron chi connectivity index (χ2n) is 28.2. The van der Waals surface area contributed by atoms with E-state index in [1.54, 1.807) is 40.7 Å². The van der Waals surface area contributed by atoms with Gasteiger partial charge in [-0.25, -0.2) is 9.59 Å². The van der Waals surface area contributed by atoms with Gasteiger partial charge in [-0.2, -0.15) is 0 Å². The second-order valence-corrected chi connectivity index (χ2v) is 28.2. The van der Waals surface area contributed by atoms with Crippen LogP contribution in [0.1, 0.15) is 140 Å². The molecule has 1 amide bonds. The van der Waals surface area contributed by atoms with Crippen LogP contribution in [0.2, 0.25) is 0 Å². The maximum Gasteiger partial charge on any atom is 0.407 e. The van der Waals surface area contributed by atoms with Crippen molar-refractivity contribution in [2.75, 3.05) is 14.2 Å². The molecule has 10 aliphatic rings. The number of rotatable bonds is 14. The van der Waals surface area contributed by atoms with Crippen molar-refractivity contribution in [3.63, 3.8) is 0 Å². The highest BCUT2D eigenvalue weighted by atomic mass is 16.7. The van der Waals surface area contributed by atoms with E-state index >= 15 is 4.79 Å². The lowest BCUT2D eigenvalue weighted by atomic mass is 9.49. The van der Waals surface area contributed by atoms with Crippen LogP contribution in [0.3, 0.4) is 0 Å². The smallest absolute Gasteiger partial charge is 0.407 e. The molecule has 93 heavy (non-hydrogen) atoms. The van der Waals surface area contributed by atoms with E-state index in [-0.39, 0.29) is 43.1 Å². The van der Waals surface area contributed by atoms with Crippen LogP contribution < -0.4 is 5.32 Å². The van der Waals surface area contributed by atoms with Gasteiger partial charge in [0.15, 0.2) is 37.1 Å². The minimum Gasteiger partial charge on any atom is -0.511 e. The Balaban J connectivity index is 0.906. The molecule has 5 N–H and O–H groups in total. The van der Waals surface area contributed by atoms with Crippen LogP contribution in [-0.2, 0) is 80.8 Å². The van der Waals surface area contributed by atoms with Gasteiger partial charge >= 0.3 is 18.0 Å². The molecule has 10 rings (SSSR count). The number of amides is 1. The molecule has 6 aliphatic heterocycles. The molecule has 1 spiro atoms. The van der Waals surface area contributed by atoms with Crippen molar-refractivity contribution < 1.29 is 111 Å². The van der Waals surface area contributed by atoms with E-state index in [9.17, 15) is 49.7 Å². The fraction of sp³-hybridized carbons (Fsp3) is 0.776. The third kappa shape index (κ3) is 13.7. The lowest BCUT2D eigenvalue weighted by Crippen LogP contribution is -2.65. The average Bonchev–Trinajstić information content (AvgIpc) is 1.68. The van der Waals surface area contributed by atoms with Crippen LogP contribution in [0.5, 0.6) is 0 Å². The topological polar surface area (TPSA) is 341 Å². The van der Waals surface area contributed by atoms with Crippen LogP contribution in [0.25, 0.3) is 0 Å². The number of fused-ring (bicyclic) bond motifs is 4. The summed E-state index contributed by atoms with van der Waals surface area (Å²) < 4.78 is 80.9. The lowest BCUT2D eigenvalue weighted by Gasteiger charge is -2.56. The minimum atomic E-state index is -2.20. The van der Waals surface area contributed by atoms with Gasteiger partial charge < -0.3 is 87.3 Å². The molecule has 6 saturated heterocycles. The van der Waals surface area contributed by atoms with Gasteiger partial charge in [-0.05, 0) is 109 Å². The average molecular weight is 1310 g/mol. The van der Waals surface area contributed by atoms with Gasteiger partial charge in [0.1, 0.15) is 35.7 Å². The maximum absolute atomic E-state index is 15.6. The Morgan fingerprint density at radius 1 is 0.710 bits per heavy atom. The molecule has 0 aromatic carbocycles. The number of nitrogens with one attached hydrogen (secondary N) is 1. The molecule has 0 aromatic rings. The van der Waals surface area contributed by atoms with Gasteiger partial charge in [0, 0.05) is 61.2 Å². The second kappa shape index (κ2) is 28.2. The van der Waals surface area contributed by atoms with Crippen molar-refractivity contribution in [3.05, 3.63) is 68.5 Å². The summed E-state index contributed by atoms with van der Waals surface area (Å²) in [6, 6.07) is -1.12. The lowest BCUT2D eigenvalue weighted by molar-refractivity contribution is -0.584. The maximum atomic E-state index is 15.6. The Kier molecular flexibility index (Phi) is 21.4. The van der Waals surface area contributed by atoms with E-state index in [0.717, 1.165) is 7.11 Å². The number of aliphatic hydroxyl groups excluding tert-OH is 4. The number of aldehydes is 1. The van der Waals surface area contributed by atoms with E-state index in [4.69, 9.17) is 61.6 Å². The summed E-state index contributed by atoms with van der Waals surface area (Å²) >= 11 is 0. The molecule has 7 fully saturated rings. The number of esters is 2. The highest BCUT2D eigenvalue weighted by Crippen LogP contribution is 2.61. The van der Waals surface area contributed by atoms with Gasteiger partial charge in [0.25, 0.3) is 0 Å². The fourth-order valence-electron chi connectivity index (χ4n) is 17.0. The predicted molar refractivity (Wildman–Crippen MR) is 325 cm³/mol. The molecule has 2 bridgehead atoms. The first-order chi connectivity index (χ1) is 44.0. The van der Waals surface area contributed by atoms with Crippen molar-refractivity contribution >= 4 is 30.1 Å². The van der Waals surface area contributed by atoms with Crippen molar-refractivity contribution in [1.29, 1.82) is 0 Å². The van der Waals surface area contributed by atoms with Crippen LogP contribution in [0.15, 0.2) is 58.4 Å². The fourth-order valence-corrected chi connectivity index (χ4v) is 17.0. The monoisotopic (exact) mass is 1310 g/mol. The molecule has 29 atom stereocenters. The SMILES string of the molecule is COC(=O)NC1C(C)OC(OC2C/C=C(\C)C3C=CC4C(OC5CC(OC6CCC(OC7CC(O)C(OC8CCC(O)C(C)O8)C(C)O7)C(C)O6)C(C(=O)OC)C(C)O5)C(C)CC(C)C4C3(C)C(O)=C3C(=O)OC4(CC(C=O)=CC(O)C4C=C2C)C3=O)CC1(C)[N+](=O)[O-]. The summed E-state index contributed by atoms with van der Waals surface area (Å²) in [5, 5.41) is 62.0. The zero-order valence-electron chi connectivity index (χ0n) is 55.4. The van der Waals surface area contributed by atoms with E-state index in [0.29, 0.717) is 49.5 Å². The summed E-state index contributed by atoms with van der Waals surface area (Å²) in [7, 11) is 2.45. The van der Waals surface area contributed by atoms with E-state index < -0.39 is 209 Å². The Labute approximate surface area is 542 Å². The molecular formula is C67H96N2O24. The summed E-state index contributed by atoms with van der Waals surface area (Å²) in [4.78, 5) is 81.4. The number of ketones is 1. The molecule has 29 unspecified atom stereocenters. The molecule has 4 aliphatic carbocycles. The first-order valence-electron chi connectivity index (χ1n) is 33.0. The molecular weight excluding hydrogens is 1220 g/mol. The number of nitro groups is 1. The number of ether oxygens (including phenoxy) is 13. The number of carbonyl (C=O) groups is 5. The van der Waals surface area contributed by atoms with Gasteiger partial charge in [-0.3, -0.25) is 24.5 Å². The molecule has 26 heteroatoms. The summed E-state index contributed by atoms with van der Waals surface area (Å²) in [5.41, 5.74) is -4.93. The number of nitrogens with zero attached hydrogens (tertiary/aromatic N) is 1. The molecule has 0 radical (unpaired) electrons. The number of alkyl carbamates (subject to hydrolysis) is 1. The Hall–Kier alpha value is -5.07. The molecule has 1 saturated carbocycles. The highest BCUT2D eigenvalue weighted by molar-refractivity contribution is 6.26. The largest absolute Gasteiger partial charge is 0.511 e. The normalized spacial score (nSPS) is 46.8. The Morgan fingerprint density at radius 2 is 1.35 bits per heavy atom. The number of methoxy groups -OCH3 is 2. The number of aliphatic hydroxyl groups is 4. The van der Waals surface area contributed by atoms with Gasteiger partial charge in [0.05, 0.1) is 99.8 Å². The van der Waals surface area contributed by atoms with Crippen molar-refractivity contribution in [1.82, 2.24) is 5.32 Å².